The van der Waals surface area contributed by atoms with Crippen molar-refractivity contribution in [2.24, 2.45) is 0 Å². The maximum absolute atomic E-state index is 14.0. The Morgan fingerprint density at radius 1 is 0.675 bits per heavy atom. The lowest BCUT2D eigenvalue weighted by atomic mass is 9.97. The fraction of sp³-hybridized carbons (Fsp3) is 0.0882. The molecule has 5 aromatic carbocycles. The van der Waals surface area contributed by atoms with Crippen molar-refractivity contribution in [2.45, 2.75) is 24.4 Å². The zero-order valence-electron chi connectivity index (χ0n) is 22.1. The van der Waals surface area contributed by atoms with E-state index in [0.717, 1.165) is 22.3 Å². The lowest BCUT2D eigenvalue weighted by Gasteiger charge is -2.27. The molecule has 0 aliphatic rings. The molecule has 0 spiro atoms. The molecular weight excluding hydrogens is 516 g/mol. The Morgan fingerprint density at radius 3 is 1.85 bits per heavy atom. The molecule has 200 valence electrons. The van der Waals surface area contributed by atoms with Gasteiger partial charge in [-0.15, -0.1) is 0 Å². The number of sulfonamides is 1. The highest BCUT2D eigenvalue weighted by Crippen LogP contribution is 2.30. The lowest BCUT2D eigenvalue weighted by Crippen LogP contribution is -2.34. The summed E-state index contributed by atoms with van der Waals surface area (Å²) in [4.78, 5) is 14.1. The van der Waals surface area contributed by atoms with Crippen molar-refractivity contribution in [1.82, 2.24) is 5.32 Å². The average Bonchev–Trinajstić information content (AvgIpc) is 3.00. The molecule has 1 amide bonds. The second kappa shape index (κ2) is 12.0. The van der Waals surface area contributed by atoms with Gasteiger partial charge in [-0.3, -0.25) is 9.10 Å². The fourth-order valence-corrected chi connectivity index (χ4v) is 6.12. The molecule has 5 nitrogen and oxygen atoms in total. The predicted molar refractivity (Wildman–Crippen MR) is 160 cm³/mol. The van der Waals surface area contributed by atoms with Crippen LogP contribution in [0.5, 0.6) is 0 Å². The molecule has 0 aliphatic heterocycles. The summed E-state index contributed by atoms with van der Waals surface area (Å²) in [6.07, 6.45) is 0. The van der Waals surface area contributed by atoms with E-state index in [9.17, 15) is 13.2 Å². The molecule has 0 aromatic heterocycles. The van der Waals surface area contributed by atoms with Crippen molar-refractivity contribution in [2.75, 3.05) is 4.31 Å². The first-order chi connectivity index (χ1) is 19.4. The fourth-order valence-electron chi connectivity index (χ4n) is 4.62. The van der Waals surface area contributed by atoms with Crippen LogP contribution in [0.3, 0.4) is 0 Å². The molecule has 0 heterocycles. The van der Waals surface area contributed by atoms with Crippen molar-refractivity contribution in [3.8, 4) is 0 Å². The summed E-state index contributed by atoms with van der Waals surface area (Å²) in [5, 5.41) is 3.18. The monoisotopic (exact) mass is 546 g/mol. The van der Waals surface area contributed by atoms with E-state index in [1.807, 2.05) is 91.9 Å². The van der Waals surface area contributed by atoms with Crippen LogP contribution in [0.4, 0.5) is 5.69 Å². The topological polar surface area (TPSA) is 66.5 Å². The minimum absolute atomic E-state index is 0.0719. The van der Waals surface area contributed by atoms with Gasteiger partial charge in [-0.25, -0.2) is 8.42 Å². The van der Waals surface area contributed by atoms with Crippen LogP contribution >= 0.6 is 0 Å². The molecular formula is C34H30N2O3S. The van der Waals surface area contributed by atoms with Gasteiger partial charge in [0.05, 0.1) is 28.7 Å². The van der Waals surface area contributed by atoms with Crippen molar-refractivity contribution in [1.29, 1.82) is 0 Å². The maximum Gasteiger partial charge on any atom is 0.264 e. The van der Waals surface area contributed by atoms with Crippen LogP contribution in [0.1, 0.15) is 38.7 Å². The van der Waals surface area contributed by atoms with E-state index < -0.39 is 16.1 Å². The highest BCUT2D eigenvalue weighted by molar-refractivity contribution is 7.92. The van der Waals surface area contributed by atoms with Gasteiger partial charge in [0.25, 0.3) is 15.9 Å². The third-order valence-corrected chi connectivity index (χ3v) is 8.51. The Hall–Kier alpha value is -4.68. The number of para-hydroxylation sites is 1. The lowest BCUT2D eigenvalue weighted by molar-refractivity contribution is 0.0943. The van der Waals surface area contributed by atoms with Crippen molar-refractivity contribution >= 4 is 21.6 Å². The molecule has 0 aliphatic carbocycles. The molecule has 0 unspecified atom stereocenters. The summed E-state index contributed by atoms with van der Waals surface area (Å²) >= 11 is 0. The van der Waals surface area contributed by atoms with Gasteiger partial charge in [0.15, 0.2) is 0 Å². The molecule has 5 aromatic rings. The standard InChI is InChI=1S/C34H30N2O3S/c1-26-21-23-29(24-22-26)33(28-15-7-3-8-16-28)35-34(37)31-19-11-12-20-32(31)36(25-27-13-5-2-6-14-27)40(38,39)30-17-9-4-10-18-30/h2-24,33H,25H2,1H3,(H,35,37)/t33-/m0/s1. The molecule has 0 bridgehead atoms. The number of carbonyl (C=O) groups is 1. The van der Waals surface area contributed by atoms with Crippen LogP contribution in [-0.2, 0) is 16.6 Å². The Kier molecular flexibility index (Phi) is 8.08. The molecule has 0 fully saturated rings. The molecule has 1 N–H and O–H groups in total. The SMILES string of the molecule is Cc1ccc([C@@H](NC(=O)c2ccccc2N(Cc2ccccc2)S(=O)(=O)c2ccccc2)c2ccccc2)cc1. The quantitative estimate of drug-likeness (QED) is 0.218. The molecule has 1 atom stereocenters. The van der Waals surface area contributed by atoms with Crippen LogP contribution in [0.15, 0.2) is 144 Å². The number of aryl methyl sites for hydroxylation is 1. The number of hydrogen-bond acceptors (Lipinski definition) is 3. The zero-order chi connectivity index (χ0) is 28.0. The van der Waals surface area contributed by atoms with E-state index in [1.165, 1.54) is 4.31 Å². The number of carbonyl (C=O) groups excluding carboxylic acids is 1. The minimum atomic E-state index is -3.99. The zero-order valence-corrected chi connectivity index (χ0v) is 23.0. The van der Waals surface area contributed by atoms with E-state index in [1.54, 1.807) is 54.6 Å². The summed E-state index contributed by atoms with van der Waals surface area (Å²) in [6, 6.07) is 41.9. The van der Waals surface area contributed by atoms with Crippen LogP contribution in [0, 0.1) is 6.92 Å². The number of nitrogens with one attached hydrogen (secondary N) is 1. The Morgan fingerprint density at radius 2 is 1.20 bits per heavy atom. The normalized spacial score (nSPS) is 11.9. The molecule has 6 heteroatoms. The Labute approximate surface area is 235 Å². The van der Waals surface area contributed by atoms with Crippen molar-refractivity contribution < 1.29 is 13.2 Å². The number of nitrogens with zero attached hydrogens (tertiary/aromatic N) is 1. The number of hydrogen-bond donors (Lipinski definition) is 1. The number of rotatable bonds is 9. The second-order valence-electron chi connectivity index (χ2n) is 9.56. The van der Waals surface area contributed by atoms with E-state index in [4.69, 9.17) is 0 Å². The summed E-state index contributed by atoms with van der Waals surface area (Å²) in [7, 11) is -3.99. The minimum Gasteiger partial charge on any atom is -0.341 e. The van der Waals surface area contributed by atoms with E-state index >= 15 is 0 Å². The summed E-state index contributed by atoms with van der Waals surface area (Å²) in [6.45, 7) is 2.09. The molecule has 0 radical (unpaired) electrons. The Bertz CT molecular complexity index is 1670. The van der Waals surface area contributed by atoms with Gasteiger partial charge in [0, 0.05) is 0 Å². The van der Waals surface area contributed by atoms with Crippen LogP contribution in [0.25, 0.3) is 0 Å². The average molecular weight is 547 g/mol. The van der Waals surface area contributed by atoms with Gasteiger partial charge >= 0.3 is 0 Å². The van der Waals surface area contributed by atoms with Gasteiger partial charge in [0.1, 0.15) is 0 Å². The Balaban J connectivity index is 1.57. The smallest absolute Gasteiger partial charge is 0.264 e. The van der Waals surface area contributed by atoms with Gasteiger partial charge in [-0.05, 0) is 47.9 Å². The number of benzene rings is 5. The highest BCUT2D eigenvalue weighted by Gasteiger charge is 2.29. The first-order valence-electron chi connectivity index (χ1n) is 13.1. The highest BCUT2D eigenvalue weighted by atomic mass is 32.2. The second-order valence-corrected chi connectivity index (χ2v) is 11.4. The number of amides is 1. The van der Waals surface area contributed by atoms with Gasteiger partial charge in [-0.1, -0.05) is 121 Å². The summed E-state index contributed by atoms with van der Waals surface area (Å²) in [5.41, 5.74) is 4.36. The molecule has 5 rings (SSSR count). The van der Waals surface area contributed by atoms with Gasteiger partial charge < -0.3 is 5.32 Å². The summed E-state index contributed by atoms with van der Waals surface area (Å²) < 4.78 is 29.3. The molecule has 40 heavy (non-hydrogen) atoms. The van der Waals surface area contributed by atoms with Gasteiger partial charge in [-0.2, -0.15) is 0 Å². The first-order valence-corrected chi connectivity index (χ1v) is 14.5. The maximum atomic E-state index is 14.0. The van der Waals surface area contributed by atoms with E-state index in [-0.39, 0.29) is 22.9 Å². The van der Waals surface area contributed by atoms with E-state index in [0.29, 0.717) is 5.69 Å². The van der Waals surface area contributed by atoms with E-state index in [2.05, 4.69) is 5.32 Å². The van der Waals surface area contributed by atoms with Crippen molar-refractivity contribution in [3.05, 3.63) is 167 Å². The third-order valence-electron chi connectivity index (χ3n) is 6.74. The number of anilines is 1. The third kappa shape index (κ3) is 5.98. The molecule has 0 saturated heterocycles. The van der Waals surface area contributed by atoms with Crippen LogP contribution in [0.2, 0.25) is 0 Å². The predicted octanol–water partition coefficient (Wildman–Crippen LogP) is 6.91. The van der Waals surface area contributed by atoms with Crippen LogP contribution < -0.4 is 9.62 Å². The first kappa shape index (κ1) is 26.9. The largest absolute Gasteiger partial charge is 0.341 e. The van der Waals surface area contributed by atoms with Gasteiger partial charge in [0.2, 0.25) is 0 Å². The van der Waals surface area contributed by atoms with Crippen LogP contribution in [-0.4, -0.2) is 14.3 Å². The molecule has 0 saturated carbocycles. The van der Waals surface area contributed by atoms with Crippen molar-refractivity contribution in [3.63, 3.8) is 0 Å². The summed E-state index contributed by atoms with van der Waals surface area (Å²) in [5.74, 6) is -0.369.